The zero-order valence-corrected chi connectivity index (χ0v) is 40.2. The van der Waals surface area contributed by atoms with E-state index >= 15 is 0 Å². The molecule has 12 heteroatoms. The van der Waals surface area contributed by atoms with Crippen molar-refractivity contribution in [1.29, 1.82) is 0 Å². The van der Waals surface area contributed by atoms with E-state index in [1.807, 2.05) is 0 Å². The SMILES string of the molecule is CC1OC(OC2CCC3(C)C(CCC4C3CC(O[Si](C)(C)C)C3(C)C(C5=CC(=O)OC5)CCC43O[Si](C)(C)C)C2)CC(O[Si](C)(C)C)C1O[Si](C)(C)C. The zero-order chi connectivity index (χ0) is 39.2. The Hall–Kier alpha value is -0.162. The van der Waals surface area contributed by atoms with E-state index in [9.17, 15) is 4.79 Å². The number of carbonyl (C=O) groups excluding carboxylic acids is 1. The molecule has 2 heterocycles. The molecule has 0 aromatic heterocycles. The maximum absolute atomic E-state index is 12.5. The molecule has 2 aliphatic heterocycles. The van der Waals surface area contributed by atoms with Crippen molar-refractivity contribution >= 4 is 39.2 Å². The van der Waals surface area contributed by atoms with Crippen molar-refractivity contribution < 1.29 is 36.7 Å². The van der Waals surface area contributed by atoms with Gasteiger partial charge in [0.2, 0.25) is 0 Å². The normalized spacial score (nSPS) is 43.8. The van der Waals surface area contributed by atoms with Crippen molar-refractivity contribution in [3.05, 3.63) is 11.6 Å². The molecule has 0 amide bonds. The first-order valence-corrected chi connectivity index (χ1v) is 34.8. The summed E-state index contributed by atoms with van der Waals surface area (Å²) in [4.78, 5) is 12.5. The molecule has 1 saturated heterocycles. The number of carbonyl (C=O) groups is 1. The lowest BCUT2D eigenvalue weighted by Gasteiger charge is -2.68. The molecule has 13 atom stereocenters. The van der Waals surface area contributed by atoms with Crippen LogP contribution in [-0.4, -0.2) is 88.3 Å². The Morgan fingerprint density at radius 1 is 0.736 bits per heavy atom. The van der Waals surface area contributed by atoms with Crippen molar-refractivity contribution in [1.82, 2.24) is 0 Å². The van der Waals surface area contributed by atoms with Gasteiger partial charge >= 0.3 is 5.97 Å². The molecule has 0 aromatic rings. The van der Waals surface area contributed by atoms with Gasteiger partial charge in [-0.2, -0.15) is 0 Å². The van der Waals surface area contributed by atoms with Crippen molar-refractivity contribution in [3.8, 4) is 0 Å². The second-order valence-corrected chi connectivity index (χ2v) is 40.1. The monoisotopic (exact) mass is 808 g/mol. The Labute approximate surface area is 327 Å². The summed E-state index contributed by atoms with van der Waals surface area (Å²) in [5.74, 6) is 1.60. The molecule has 0 radical (unpaired) electrons. The second kappa shape index (κ2) is 14.6. The van der Waals surface area contributed by atoms with Crippen molar-refractivity contribution in [2.45, 2.75) is 200 Å². The van der Waals surface area contributed by atoms with Crippen molar-refractivity contribution in [2.24, 2.45) is 34.5 Å². The molecule has 0 spiro atoms. The van der Waals surface area contributed by atoms with Crippen LogP contribution in [0.1, 0.15) is 78.6 Å². The fourth-order valence-electron chi connectivity index (χ4n) is 12.2. The van der Waals surface area contributed by atoms with Crippen LogP contribution in [0.3, 0.4) is 0 Å². The third-order valence-corrected chi connectivity index (χ3v) is 17.9. The van der Waals surface area contributed by atoms with Crippen LogP contribution in [0.5, 0.6) is 0 Å². The van der Waals surface area contributed by atoms with Crippen molar-refractivity contribution in [3.63, 3.8) is 0 Å². The van der Waals surface area contributed by atoms with Gasteiger partial charge in [-0.25, -0.2) is 4.79 Å². The van der Waals surface area contributed by atoms with Gasteiger partial charge in [0.1, 0.15) is 6.61 Å². The first-order chi connectivity index (χ1) is 24.2. The Morgan fingerprint density at radius 2 is 1.40 bits per heavy atom. The van der Waals surface area contributed by atoms with E-state index < -0.39 is 33.3 Å². The molecule has 6 aliphatic rings. The quantitative estimate of drug-likeness (QED) is 0.116. The maximum Gasteiger partial charge on any atom is 0.331 e. The summed E-state index contributed by atoms with van der Waals surface area (Å²) in [6.45, 7) is 35.4. The summed E-state index contributed by atoms with van der Waals surface area (Å²) in [6, 6.07) is 0. The molecular weight excluding hydrogens is 733 g/mol. The van der Waals surface area contributed by atoms with Crippen LogP contribution in [0.25, 0.3) is 0 Å². The van der Waals surface area contributed by atoms with Gasteiger partial charge in [-0.3, -0.25) is 0 Å². The van der Waals surface area contributed by atoms with Crippen LogP contribution < -0.4 is 0 Å². The lowest BCUT2D eigenvalue weighted by atomic mass is 9.42. The van der Waals surface area contributed by atoms with Crippen molar-refractivity contribution in [2.75, 3.05) is 6.61 Å². The van der Waals surface area contributed by atoms with Crippen LogP contribution in [0.2, 0.25) is 78.6 Å². The number of ether oxygens (including phenoxy) is 3. The summed E-state index contributed by atoms with van der Waals surface area (Å²) >= 11 is 0. The summed E-state index contributed by atoms with van der Waals surface area (Å²) in [5, 5.41) is 0. The number of hydrogen-bond donors (Lipinski definition) is 0. The number of hydrogen-bond acceptors (Lipinski definition) is 8. The topological polar surface area (TPSA) is 81.7 Å². The molecule has 0 N–H and O–H groups in total. The predicted molar refractivity (Wildman–Crippen MR) is 222 cm³/mol. The minimum absolute atomic E-state index is 0.00578. The van der Waals surface area contributed by atoms with Crippen LogP contribution in [0.4, 0.5) is 0 Å². The van der Waals surface area contributed by atoms with E-state index in [-0.39, 0.29) is 65.1 Å². The molecule has 304 valence electrons. The van der Waals surface area contributed by atoms with Gasteiger partial charge in [0, 0.05) is 17.9 Å². The fraction of sp³-hybridized carbons (Fsp3) is 0.927. The molecule has 4 aliphatic carbocycles. The zero-order valence-electron chi connectivity index (χ0n) is 36.2. The fourth-order valence-corrected chi connectivity index (χ4v) is 17.3. The third kappa shape index (κ3) is 8.67. The molecule has 5 fully saturated rings. The predicted octanol–water partition coefficient (Wildman–Crippen LogP) is 9.89. The standard InChI is InChI=1S/C41H76O8Si4/c1-27-38(48-52(10,11)12)34(46-50(4,5)6)25-37(44-27)45-30-18-20-39(2)29(23-30)16-17-32-33(39)24-35(47-51(7,8)9)40(3)31(28-22-36(42)43-26-28)19-21-41(32,40)49-53(13,14)15/h22,27,29-35,37-38H,16-21,23-26H2,1-15H3. The minimum Gasteiger partial charge on any atom is -0.458 e. The van der Waals surface area contributed by atoms with E-state index in [0.29, 0.717) is 24.4 Å². The van der Waals surface area contributed by atoms with Gasteiger partial charge in [-0.05, 0) is 172 Å². The van der Waals surface area contributed by atoms with Crippen LogP contribution in [0.15, 0.2) is 11.6 Å². The smallest absolute Gasteiger partial charge is 0.331 e. The molecular formula is C41H76O8Si4. The summed E-state index contributed by atoms with van der Waals surface area (Å²) < 4.78 is 47.8. The Balaban J connectivity index is 1.26. The number of cyclic esters (lactones) is 1. The van der Waals surface area contributed by atoms with Gasteiger partial charge < -0.3 is 31.9 Å². The average molecular weight is 809 g/mol. The largest absolute Gasteiger partial charge is 0.458 e. The highest BCUT2D eigenvalue weighted by molar-refractivity contribution is 6.71. The summed E-state index contributed by atoms with van der Waals surface area (Å²) in [5.41, 5.74) is 0.841. The Bertz CT molecular complexity index is 1380. The highest BCUT2D eigenvalue weighted by atomic mass is 28.4. The van der Waals surface area contributed by atoms with Crippen LogP contribution >= 0.6 is 0 Å². The van der Waals surface area contributed by atoms with E-state index in [4.69, 9.17) is 31.9 Å². The maximum atomic E-state index is 12.5. The highest BCUT2D eigenvalue weighted by Crippen LogP contribution is 2.72. The number of rotatable bonds is 11. The van der Waals surface area contributed by atoms with Crippen LogP contribution in [0, 0.1) is 34.5 Å². The number of esters is 1. The Kier molecular flexibility index (Phi) is 11.7. The van der Waals surface area contributed by atoms with Gasteiger partial charge in [-0.15, -0.1) is 0 Å². The number of fused-ring (bicyclic) bond motifs is 5. The highest BCUT2D eigenvalue weighted by Gasteiger charge is 2.73. The van der Waals surface area contributed by atoms with Gasteiger partial charge in [0.05, 0.1) is 36.1 Å². The minimum atomic E-state index is -1.99. The molecule has 13 unspecified atom stereocenters. The molecule has 0 aromatic carbocycles. The van der Waals surface area contributed by atoms with Gasteiger partial charge in [0.25, 0.3) is 0 Å². The lowest BCUT2D eigenvalue weighted by Crippen LogP contribution is -2.70. The second-order valence-electron chi connectivity index (χ2n) is 22.3. The first kappa shape index (κ1) is 42.4. The Morgan fingerprint density at radius 3 is 1.98 bits per heavy atom. The van der Waals surface area contributed by atoms with E-state index in [0.717, 1.165) is 50.5 Å². The van der Waals surface area contributed by atoms with Gasteiger partial charge in [-0.1, -0.05) is 13.8 Å². The molecule has 0 bridgehead atoms. The third-order valence-electron chi connectivity index (χ3n) is 13.9. The molecule has 4 saturated carbocycles. The molecule has 6 rings (SSSR count). The average Bonchev–Trinajstić information content (AvgIpc) is 3.53. The molecule has 53 heavy (non-hydrogen) atoms. The summed E-state index contributed by atoms with van der Waals surface area (Å²) in [6.07, 6.45) is 11.2. The molecule has 8 nitrogen and oxygen atoms in total. The van der Waals surface area contributed by atoms with E-state index in [2.05, 4.69) is 99.3 Å². The summed E-state index contributed by atoms with van der Waals surface area (Å²) in [7, 11) is -7.54. The first-order valence-electron chi connectivity index (χ1n) is 21.1. The van der Waals surface area contributed by atoms with E-state index in [1.54, 1.807) is 6.08 Å². The van der Waals surface area contributed by atoms with Crippen LogP contribution in [-0.2, 0) is 36.7 Å². The van der Waals surface area contributed by atoms with Gasteiger partial charge in [0.15, 0.2) is 39.6 Å². The lowest BCUT2D eigenvalue weighted by molar-refractivity contribution is -0.269. The van der Waals surface area contributed by atoms with E-state index in [1.165, 1.54) is 12.8 Å².